The number of nitro benzene ring substituents is 1. The lowest BCUT2D eigenvalue weighted by Gasteiger charge is -2.29. The van der Waals surface area contributed by atoms with Crippen LogP contribution in [0, 0.1) is 10.1 Å². The minimum Gasteiger partial charge on any atom is -0.444 e. The SMILES string of the molecule is CC(C)(C)OC(=O)N(CCc1ccccc1[N+](=O)[O-])CC(O)c1ccccc1. The van der Waals surface area contributed by atoms with Gasteiger partial charge in [0.2, 0.25) is 0 Å². The standard InChI is InChI=1S/C21H26N2O5/c1-21(2,3)28-20(25)22(15-19(24)17-10-5-4-6-11-17)14-13-16-9-7-8-12-18(16)23(26)27/h4-12,19,24H,13-15H2,1-3H3. The fourth-order valence-electron chi connectivity index (χ4n) is 2.73. The van der Waals surface area contributed by atoms with Crippen LogP contribution in [0.2, 0.25) is 0 Å². The molecule has 7 nitrogen and oxygen atoms in total. The highest BCUT2D eigenvalue weighted by molar-refractivity contribution is 5.68. The summed E-state index contributed by atoms with van der Waals surface area (Å²) >= 11 is 0. The smallest absolute Gasteiger partial charge is 0.410 e. The molecule has 0 fully saturated rings. The van der Waals surface area contributed by atoms with Gasteiger partial charge in [-0.25, -0.2) is 4.79 Å². The quantitative estimate of drug-likeness (QED) is 0.571. The first-order valence-corrected chi connectivity index (χ1v) is 9.10. The molecular formula is C21H26N2O5. The maximum absolute atomic E-state index is 12.6. The van der Waals surface area contributed by atoms with Crippen LogP contribution in [0.5, 0.6) is 0 Å². The molecule has 7 heteroatoms. The van der Waals surface area contributed by atoms with Crippen LogP contribution in [0.25, 0.3) is 0 Å². The third-order valence-corrected chi connectivity index (χ3v) is 4.07. The molecule has 2 aromatic rings. The highest BCUT2D eigenvalue weighted by atomic mass is 16.6. The number of hydrogen-bond acceptors (Lipinski definition) is 5. The number of hydrogen-bond donors (Lipinski definition) is 1. The van der Waals surface area contributed by atoms with Gasteiger partial charge in [-0.05, 0) is 32.8 Å². The fourth-order valence-corrected chi connectivity index (χ4v) is 2.73. The summed E-state index contributed by atoms with van der Waals surface area (Å²) in [6.45, 7) is 5.50. The van der Waals surface area contributed by atoms with E-state index in [1.54, 1.807) is 51.1 Å². The van der Waals surface area contributed by atoms with E-state index in [1.807, 2.05) is 18.2 Å². The van der Waals surface area contributed by atoms with Crippen molar-refractivity contribution in [2.45, 2.75) is 38.9 Å². The molecule has 1 atom stereocenters. The molecular weight excluding hydrogens is 360 g/mol. The lowest BCUT2D eigenvalue weighted by molar-refractivity contribution is -0.385. The summed E-state index contributed by atoms with van der Waals surface area (Å²) in [5.41, 5.74) is 0.526. The summed E-state index contributed by atoms with van der Waals surface area (Å²) in [5.74, 6) is 0. The molecule has 0 aliphatic carbocycles. The average Bonchev–Trinajstić information content (AvgIpc) is 2.64. The van der Waals surface area contributed by atoms with Crippen LogP contribution in [0.4, 0.5) is 10.5 Å². The van der Waals surface area contributed by atoms with Gasteiger partial charge in [0.1, 0.15) is 5.60 Å². The summed E-state index contributed by atoms with van der Waals surface area (Å²) in [4.78, 5) is 24.8. The number of para-hydroxylation sites is 1. The van der Waals surface area contributed by atoms with Crippen molar-refractivity contribution >= 4 is 11.8 Å². The number of rotatable bonds is 7. The number of nitro groups is 1. The normalized spacial score (nSPS) is 12.3. The van der Waals surface area contributed by atoms with Crippen molar-refractivity contribution in [3.63, 3.8) is 0 Å². The summed E-state index contributed by atoms with van der Waals surface area (Å²) in [5, 5.41) is 21.7. The van der Waals surface area contributed by atoms with Gasteiger partial charge in [-0.1, -0.05) is 48.5 Å². The highest BCUT2D eigenvalue weighted by Gasteiger charge is 2.25. The van der Waals surface area contributed by atoms with Crippen molar-refractivity contribution < 1.29 is 19.6 Å². The third-order valence-electron chi connectivity index (χ3n) is 4.07. The maximum atomic E-state index is 12.6. The molecule has 2 aromatic carbocycles. The number of aliphatic hydroxyl groups is 1. The monoisotopic (exact) mass is 386 g/mol. The lowest BCUT2D eigenvalue weighted by Crippen LogP contribution is -2.40. The molecule has 0 bridgehead atoms. The van der Waals surface area contributed by atoms with Gasteiger partial charge in [-0.15, -0.1) is 0 Å². The van der Waals surface area contributed by atoms with E-state index in [0.717, 1.165) is 0 Å². The Hall–Kier alpha value is -2.93. The van der Waals surface area contributed by atoms with E-state index < -0.39 is 22.7 Å². The molecule has 0 saturated heterocycles. The average molecular weight is 386 g/mol. The number of nitrogens with zero attached hydrogens (tertiary/aromatic N) is 2. The topological polar surface area (TPSA) is 92.9 Å². The zero-order chi connectivity index (χ0) is 20.7. The summed E-state index contributed by atoms with van der Waals surface area (Å²) in [6, 6.07) is 15.4. The molecule has 2 rings (SSSR count). The van der Waals surface area contributed by atoms with E-state index in [1.165, 1.54) is 11.0 Å². The Morgan fingerprint density at radius 3 is 2.36 bits per heavy atom. The number of amides is 1. The molecule has 0 heterocycles. The van der Waals surface area contributed by atoms with Gasteiger partial charge in [0.25, 0.3) is 5.69 Å². The van der Waals surface area contributed by atoms with Gasteiger partial charge in [0.15, 0.2) is 0 Å². The van der Waals surface area contributed by atoms with Crippen LogP contribution in [0.3, 0.4) is 0 Å². The van der Waals surface area contributed by atoms with Crippen LogP contribution in [0.1, 0.15) is 38.0 Å². The van der Waals surface area contributed by atoms with E-state index >= 15 is 0 Å². The molecule has 0 saturated carbocycles. The number of ether oxygens (including phenoxy) is 1. The summed E-state index contributed by atoms with van der Waals surface area (Å²) < 4.78 is 5.44. The Bertz CT molecular complexity index is 802. The first-order valence-electron chi connectivity index (χ1n) is 9.10. The van der Waals surface area contributed by atoms with Crippen molar-refractivity contribution in [3.05, 3.63) is 75.8 Å². The van der Waals surface area contributed by atoms with E-state index in [-0.39, 0.29) is 25.2 Å². The largest absolute Gasteiger partial charge is 0.444 e. The van der Waals surface area contributed by atoms with E-state index in [9.17, 15) is 20.0 Å². The molecule has 1 amide bonds. The molecule has 150 valence electrons. The number of carbonyl (C=O) groups excluding carboxylic acids is 1. The van der Waals surface area contributed by atoms with Crippen LogP contribution in [-0.2, 0) is 11.2 Å². The van der Waals surface area contributed by atoms with Crippen LogP contribution >= 0.6 is 0 Å². The van der Waals surface area contributed by atoms with Crippen LogP contribution < -0.4 is 0 Å². The molecule has 1 unspecified atom stereocenters. The van der Waals surface area contributed by atoms with Gasteiger partial charge in [0, 0.05) is 18.2 Å². The van der Waals surface area contributed by atoms with E-state index in [4.69, 9.17) is 4.74 Å². The predicted octanol–water partition coefficient (Wildman–Crippen LogP) is 4.11. The van der Waals surface area contributed by atoms with Gasteiger partial charge >= 0.3 is 6.09 Å². The summed E-state index contributed by atoms with van der Waals surface area (Å²) in [6.07, 6.45) is -1.18. The molecule has 0 spiro atoms. The first-order chi connectivity index (χ1) is 13.2. The van der Waals surface area contributed by atoms with E-state index in [2.05, 4.69) is 0 Å². The second-order valence-corrected chi connectivity index (χ2v) is 7.49. The fraction of sp³-hybridized carbons (Fsp3) is 0.381. The minimum atomic E-state index is -0.889. The summed E-state index contributed by atoms with van der Waals surface area (Å²) in [7, 11) is 0. The lowest BCUT2D eigenvalue weighted by atomic mass is 10.1. The van der Waals surface area contributed by atoms with Gasteiger partial charge < -0.3 is 14.7 Å². The predicted molar refractivity (Wildman–Crippen MR) is 106 cm³/mol. The van der Waals surface area contributed by atoms with Gasteiger partial charge in [-0.3, -0.25) is 10.1 Å². The Kier molecular flexibility index (Phi) is 7.12. The number of aliphatic hydroxyl groups excluding tert-OH is 1. The van der Waals surface area contributed by atoms with Crippen molar-refractivity contribution in [2.24, 2.45) is 0 Å². The molecule has 0 aliphatic rings. The van der Waals surface area contributed by atoms with E-state index in [0.29, 0.717) is 11.1 Å². The second kappa shape index (κ2) is 9.32. The Morgan fingerprint density at radius 2 is 1.75 bits per heavy atom. The third kappa shape index (κ3) is 6.35. The molecule has 0 aliphatic heterocycles. The Balaban J connectivity index is 2.16. The Morgan fingerprint density at radius 1 is 1.14 bits per heavy atom. The highest BCUT2D eigenvalue weighted by Crippen LogP contribution is 2.21. The Labute approximate surface area is 164 Å². The molecule has 0 radical (unpaired) electrons. The zero-order valence-electron chi connectivity index (χ0n) is 16.4. The first kappa shape index (κ1) is 21.4. The van der Waals surface area contributed by atoms with Crippen LogP contribution in [0.15, 0.2) is 54.6 Å². The second-order valence-electron chi connectivity index (χ2n) is 7.49. The molecule has 1 N–H and O–H groups in total. The molecule has 0 aromatic heterocycles. The maximum Gasteiger partial charge on any atom is 0.410 e. The van der Waals surface area contributed by atoms with Crippen molar-refractivity contribution in [2.75, 3.05) is 13.1 Å². The number of carbonyl (C=O) groups is 1. The van der Waals surface area contributed by atoms with Crippen molar-refractivity contribution in [3.8, 4) is 0 Å². The number of benzene rings is 2. The minimum absolute atomic E-state index is 0.00949. The van der Waals surface area contributed by atoms with Crippen molar-refractivity contribution in [1.29, 1.82) is 0 Å². The zero-order valence-corrected chi connectivity index (χ0v) is 16.4. The molecule has 28 heavy (non-hydrogen) atoms. The van der Waals surface area contributed by atoms with Gasteiger partial charge in [-0.2, -0.15) is 0 Å². The van der Waals surface area contributed by atoms with Crippen LogP contribution in [-0.4, -0.2) is 39.7 Å². The van der Waals surface area contributed by atoms with Crippen molar-refractivity contribution in [1.82, 2.24) is 4.90 Å². The van der Waals surface area contributed by atoms with Gasteiger partial charge in [0.05, 0.1) is 17.6 Å².